The van der Waals surface area contributed by atoms with Crippen LogP contribution in [0.15, 0.2) is 34.7 Å². The quantitative estimate of drug-likeness (QED) is 0.754. The lowest BCUT2D eigenvalue weighted by Gasteiger charge is -2.08. The number of hydrogen-bond acceptors (Lipinski definition) is 5. The molecule has 0 aliphatic heterocycles. The van der Waals surface area contributed by atoms with E-state index in [1.54, 1.807) is 24.1 Å². The minimum absolute atomic E-state index is 0.0282. The molecule has 2 heterocycles. The zero-order valence-corrected chi connectivity index (χ0v) is 12.6. The van der Waals surface area contributed by atoms with Gasteiger partial charge >= 0.3 is 0 Å². The fraction of sp³-hybridized carbons (Fsp3) is 0.200. The molecule has 0 bridgehead atoms. The van der Waals surface area contributed by atoms with Gasteiger partial charge in [0.25, 0.3) is 5.56 Å². The average Bonchev–Trinajstić information content (AvgIpc) is 2.83. The van der Waals surface area contributed by atoms with Gasteiger partial charge in [-0.15, -0.1) is 11.3 Å². The van der Waals surface area contributed by atoms with Crippen molar-refractivity contribution < 1.29 is 4.74 Å². The average molecular weight is 301 g/mol. The molecular weight excluding hydrogens is 286 g/mol. The summed E-state index contributed by atoms with van der Waals surface area (Å²) < 4.78 is 7.47. The maximum Gasteiger partial charge on any atom is 0.271 e. The van der Waals surface area contributed by atoms with Crippen LogP contribution in [-0.2, 0) is 6.54 Å². The number of rotatable bonds is 3. The molecule has 0 saturated heterocycles. The Balaban J connectivity index is 2.04. The van der Waals surface area contributed by atoms with Crippen molar-refractivity contribution in [1.82, 2.24) is 9.55 Å². The van der Waals surface area contributed by atoms with Crippen molar-refractivity contribution >= 4 is 27.2 Å². The first-order chi connectivity index (χ1) is 10.1. The van der Waals surface area contributed by atoms with Gasteiger partial charge in [0.05, 0.1) is 25.5 Å². The lowest BCUT2D eigenvalue weighted by molar-refractivity contribution is 0.414. The Hall–Kier alpha value is -2.34. The fourth-order valence-electron chi connectivity index (χ4n) is 2.26. The molecule has 5 nitrogen and oxygen atoms in total. The number of hydrogen-bond donors (Lipinski definition) is 1. The van der Waals surface area contributed by atoms with E-state index in [4.69, 9.17) is 10.5 Å². The molecule has 0 aliphatic carbocycles. The van der Waals surface area contributed by atoms with Crippen LogP contribution in [-0.4, -0.2) is 16.7 Å². The first kappa shape index (κ1) is 13.6. The van der Waals surface area contributed by atoms with Gasteiger partial charge in [-0.2, -0.15) is 0 Å². The fourth-order valence-corrected chi connectivity index (χ4v) is 3.21. The molecular formula is C15H15N3O2S. The molecule has 0 spiro atoms. The molecule has 3 rings (SSSR count). The third-order valence-electron chi connectivity index (χ3n) is 3.30. The summed E-state index contributed by atoms with van der Waals surface area (Å²) in [5.41, 5.74) is 9.14. The van der Waals surface area contributed by atoms with Crippen LogP contribution in [0, 0.1) is 6.92 Å². The minimum atomic E-state index is -0.0282. The lowest BCUT2D eigenvalue weighted by atomic mass is 10.2. The minimum Gasteiger partial charge on any atom is -0.497 e. The van der Waals surface area contributed by atoms with Crippen molar-refractivity contribution in [1.29, 1.82) is 0 Å². The summed E-state index contributed by atoms with van der Waals surface area (Å²) in [6, 6.07) is 5.45. The van der Waals surface area contributed by atoms with Crippen LogP contribution in [0.5, 0.6) is 5.75 Å². The summed E-state index contributed by atoms with van der Waals surface area (Å²) in [4.78, 5) is 16.8. The number of anilines is 1. The van der Waals surface area contributed by atoms with E-state index in [9.17, 15) is 4.79 Å². The Morgan fingerprint density at radius 2 is 2.19 bits per heavy atom. The SMILES string of the molecule is COc1cc(N)cc(Cn2cnc3c(C)csc3c2=O)c1. The van der Waals surface area contributed by atoms with Gasteiger partial charge in [-0.3, -0.25) is 9.36 Å². The molecule has 2 N–H and O–H groups in total. The third-order valence-corrected chi connectivity index (χ3v) is 4.38. The highest BCUT2D eigenvalue weighted by atomic mass is 32.1. The molecule has 0 radical (unpaired) electrons. The van der Waals surface area contributed by atoms with E-state index in [0.717, 1.165) is 16.6 Å². The van der Waals surface area contributed by atoms with Crippen molar-refractivity contribution in [3.8, 4) is 5.75 Å². The maximum absolute atomic E-state index is 12.5. The van der Waals surface area contributed by atoms with Crippen LogP contribution in [0.1, 0.15) is 11.1 Å². The molecule has 6 heteroatoms. The van der Waals surface area contributed by atoms with E-state index in [0.29, 0.717) is 22.7 Å². The first-order valence-electron chi connectivity index (χ1n) is 6.45. The van der Waals surface area contributed by atoms with Gasteiger partial charge in [-0.1, -0.05) is 0 Å². The van der Waals surface area contributed by atoms with E-state index in [2.05, 4.69) is 4.98 Å². The molecule has 3 aromatic rings. The van der Waals surface area contributed by atoms with Crippen LogP contribution in [0.4, 0.5) is 5.69 Å². The molecule has 21 heavy (non-hydrogen) atoms. The van der Waals surface area contributed by atoms with Crippen LogP contribution < -0.4 is 16.0 Å². The molecule has 0 atom stereocenters. The van der Waals surface area contributed by atoms with Crippen LogP contribution >= 0.6 is 11.3 Å². The number of fused-ring (bicyclic) bond motifs is 1. The zero-order valence-electron chi connectivity index (χ0n) is 11.8. The predicted octanol–water partition coefficient (Wildman–Crippen LogP) is 2.41. The molecule has 0 fully saturated rings. The Morgan fingerprint density at radius 1 is 1.38 bits per heavy atom. The molecule has 0 amide bonds. The normalized spacial score (nSPS) is 11.0. The molecule has 2 aromatic heterocycles. The summed E-state index contributed by atoms with van der Waals surface area (Å²) in [6.07, 6.45) is 1.58. The Morgan fingerprint density at radius 3 is 2.95 bits per heavy atom. The molecule has 1 aromatic carbocycles. The highest BCUT2D eigenvalue weighted by molar-refractivity contribution is 7.17. The monoisotopic (exact) mass is 301 g/mol. The Bertz CT molecular complexity index is 867. The smallest absolute Gasteiger partial charge is 0.271 e. The second-order valence-electron chi connectivity index (χ2n) is 4.89. The number of nitrogens with two attached hydrogens (primary N) is 1. The number of nitrogen functional groups attached to an aromatic ring is 1. The highest BCUT2D eigenvalue weighted by Crippen LogP contribution is 2.21. The van der Waals surface area contributed by atoms with E-state index in [1.807, 2.05) is 24.4 Å². The first-order valence-corrected chi connectivity index (χ1v) is 7.33. The summed E-state index contributed by atoms with van der Waals surface area (Å²) in [7, 11) is 1.59. The number of methoxy groups -OCH3 is 1. The van der Waals surface area contributed by atoms with Gasteiger partial charge in [0.15, 0.2) is 0 Å². The number of aromatic nitrogens is 2. The summed E-state index contributed by atoms with van der Waals surface area (Å²) in [5, 5.41) is 1.95. The van der Waals surface area contributed by atoms with E-state index in [1.165, 1.54) is 11.3 Å². The molecule has 108 valence electrons. The van der Waals surface area contributed by atoms with Crippen molar-refractivity contribution in [2.75, 3.05) is 12.8 Å². The third kappa shape index (κ3) is 2.50. The Kier molecular flexibility index (Phi) is 3.39. The van der Waals surface area contributed by atoms with Gasteiger partial charge in [0.2, 0.25) is 0 Å². The second-order valence-corrected chi connectivity index (χ2v) is 5.77. The van der Waals surface area contributed by atoms with Gasteiger partial charge < -0.3 is 10.5 Å². The van der Waals surface area contributed by atoms with Gasteiger partial charge in [0, 0.05) is 11.8 Å². The number of nitrogens with zero attached hydrogens (tertiary/aromatic N) is 2. The van der Waals surface area contributed by atoms with Crippen LogP contribution in [0.2, 0.25) is 0 Å². The number of ether oxygens (including phenoxy) is 1. The van der Waals surface area contributed by atoms with E-state index < -0.39 is 0 Å². The molecule has 0 saturated carbocycles. The lowest BCUT2D eigenvalue weighted by Crippen LogP contribution is -2.20. The second kappa shape index (κ2) is 5.21. The predicted molar refractivity (Wildman–Crippen MR) is 85.1 cm³/mol. The van der Waals surface area contributed by atoms with Crippen LogP contribution in [0.25, 0.3) is 10.2 Å². The standard InChI is InChI=1S/C15H15N3O2S/c1-9-7-21-14-13(9)17-8-18(15(14)19)6-10-3-11(16)5-12(4-10)20-2/h3-5,7-8H,6,16H2,1-2H3. The Labute approximate surface area is 125 Å². The molecule has 0 aliphatic rings. The van der Waals surface area contributed by atoms with Gasteiger partial charge in [0.1, 0.15) is 10.4 Å². The van der Waals surface area contributed by atoms with Crippen LogP contribution in [0.3, 0.4) is 0 Å². The van der Waals surface area contributed by atoms with Gasteiger partial charge in [-0.25, -0.2) is 4.98 Å². The number of thiophene rings is 1. The van der Waals surface area contributed by atoms with Crippen molar-refractivity contribution in [2.24, 2.45) is 0 Å². The van der Waals surface area contributed by atoms with Gasteiger partial charge in [-0.05, 0) is 35.6 Å². The number of aryl methyl sites for hydroxylation is 1. The van der Waals surface area contributed by atoms with Crippen molar-refractivity contribution in [2.45, 2.75) is 13.5 Å². The summed E-state index contributed by atoms with van der Waals surface area (Å²) >= 11 is 1.43. The highest BCUT2D eigenvalue weighted by Gasteiger charge is 2.09. The summed E-state index contributed by atoms with van der Waals surface area (Å²) in [5.74, 6) is 0.680. The number of benzene rings is 1. The largest absolute Gasteiger partial charge is 0.497 e. The van der Waals surface area contributed by atoms with E-state index >= 15 is 0 Å². The van der Waals surface area contributed by atoms with Crippen molar-refractivity contribution in [3.05, 3.63) is 51.4 Å². The molecule has 0 unspecified atom stereocenters. The summed E-state index contributed by atoms with van der Waals surface area (Å²) in [6.45, 7) is 2.37. The topological polar surface area (TPSA) is 70.1 Å². The van der Waals surface area contributed by atoms with Crippen molar-refractivity contribution in [3.63, 3.8) is 0 Å². The van der Waals surface area contributed by atoms with E-state index in [-0.39, 0.29) is 5.56 Å². The maximum atomic E-state index is 12.5. The zero-order chi connectivity index (χ0) is 15.0.